The molecule has 19 heavy (non-hydrogen) atoms. The van der Waals surface area contributed by atoms with E-state index in [0.29, 0.717) is 17.8 Å². The van der Waals surface area contributed by atoms with Gasteiger partial charge in [0.25, 0.3) is 0 Å². The van der Waals surface area contributed by atoms with Crippen LogP contribution in [0.2, 0.25) is 0 Å². The molecule has 0 aromatic carbocycles. The second-order valence-electron chi connectivity index (χ2n) is 6.74. The van der Waals surface area contributed by atoms with Crippen molar-refractivity contribution in [2.24, 2.45) is 18.4 Å². The van der Waals surface area contributed by atoms with E-state index in [0.717, 1.165) is 28.7 Å². The van der Waals surface area contributed by atoms with E-state index in [1.54, 1.807) is 0 Å². The number of hydrogen-bond donors (Lipinski definition) is 1. The summed E-state index contributed by atoms with van der Waals surface area (Å²) in [7, 11) is 1.95. The predicted octanol–water partition coefficient (Wildman–Crippen LogP) is 3.61. The molecule has 0 spiro atoms. The number of halogens is 1. The molecule has 1 N–H and O–H groups in total. The van der Waals surface area contributed by atoms with Crippen molar-refractivity contribution >= 4 is 15.9 Å². The first-order chi connectivity index (χ1) is 8.80. The van der Waals surface area contributed by atoms with Crippen molar-refractivity contribution in [1.29, 1.82) is 0 Å². The lowest BCUT2D eigenvalue weighted by Crippen LogP contribution is -2.30. The molecule has 2 rings (SSSR count). The van der Waals surface area contributed by atoms with Crippen LogP contribution in [0.4, 0.5) is 0 Å². The highest BCUT2D eigenvalue weighted by Crippen LogP contribution is 2.40. The number of aromatic nitrogens is 2. The highest BCUT2D eigenvalue weighted by Gasteiger charge is 2.31. The molecule has 3 nitrogen and oxygen atoms in total. The van der Waals surface area contributed by atoms with Crippen LogP contribution in [0, 0.1) is 18.3 Å². The maximum atomic E-state index is 10.5. The average Bonchev–Trinajstić information content (AvgIpc) is 2.56. The molecule has 1 unspecified atom stereocenters. The molecule has 108 valence electrons. The minimum absolute atomic E-state index is 0.248. The Morgan fingerprint density at radius 2 is 2.00 bits per heavy atom. The van der Waals surface area contributed by atoms with Gasteiger partial charge in [-0.15, -0.1) is 0 Å². The smallest absolute Gasteiger partial charge is 0.0738 e. The van der Waals surface area contributed by atoms with E-state index >= 15 is 0 Å². The molecule has 0 bridgehead atoms. The monoisotopic (exact) mass is 328 g/mol. The molecule has 1 saturated carbocycles. The Morgan fingerprint density at radius 3 is 2.47 bits per heavy atom. The Labute approximate surface area is 124 Å². The Balaban J connectivity index is 2.00. The van der Waals surface area contributed by atoms with Crippen molar-refractivity contribution < 1.29 is 5.11 Å². The van der Waals surface area contributed by atoms with Crippen molar-refractivity contribution in [3.05, 3.63) is 15.9 Å². The number of aryl methyl sites for hydroxylation is 2. The van der Waals surface area contributed by atoms with Gasteiger partial charge in [-0.3, -0.25) is 4.68 Å². The third-order valence-corrected chi connectivity index (χ3v) is 5.62. The zero-order valence-corrected chi connectivity index (χ0v) is 14.0. The number of rotatable bonds is 3. The van der Waals surface area contributed by atoms with Gasteiger partial charge in [0.15, 0.2) is 0 Å². The van der Waals surface area contributed by atoms with Crippen LogP contribution < -0.4 is 0 Å². The number of hydrogen-bond acceptors (Lipinski definition) is 2. The fraction of sp³-hybridized carbons (Fsp3) is 0.800. The van der Waals surface area contributed by atoms with Crippen molar-refractivity contribution in [3.63, 3.8) is 0 Å². The van der Waals surface area contributed by atoms with Crippen LogP contribution in [0.1, 0.15) is 50.9 Å². The fourth-order valence-corrected chi connectivity index (χ4v) is 3.57. The van der Waals surface area contributed by atoms with Gasteiger partial charge >= 0.3 is 0 Å². The lowest BCUT2D eigenvalue weighted by Gasteiger charge is -2.36. The predicted molar refractivity (Wildman–Crippen MR) is 81.1 cm³/mol. The van der Waals surface area contributed by atoms with Crippen LogP contribution in [0.3, 0.4) is 0 Å². The molecular weight excluding hydrogens is 304 g/mol. The summed E-state index contributed by atoms with van der Waals surface area (Å²) in [5.41, 5.74) is 2.56. The molecule has 1 aromatic heterocycles. The standard InChI is InChI=1S/C15H25BrN2O/c1-10-14(16)12(18(4)17-10)9-13(19)11-5-7-15(2,3)8-6-11/h11,13,19H,5-9H2,1-4H3. The summed E-state index contributed by atoms with van der Waals surface area (Å²) >= 11 is 3.58. The Bertz CT molecular complexity index is 443. The molecule has 0 saturated heterocycles. The van der Waals surface area contributed by atoms with Gasteiger partial charge in [0.05, 0.1) is 22.0 Å². The zero-order chi connectivity index (χ0) is 14.2. The Hall–Kier alpha value is -0.350. The van der Waals surface area contributed by atoms with Gasteiger partial charge < -0.3 is 5.11 Å². The number of aliphatic hydroxyl groups excluding tert-OH is 1. The van der Waals surface area contributed by atoms with Gasteiger partial charge in [-0.05, 0) is 59.9 Å². The second kappa shape index (κ2) is 5.57. The molecule has 1 aliphatic carbocycles. The molecule has 1 aliphatic rings. The van der Waals surface area contributed by atoms with E-state index in [9.17, 15) is 5.11 Å². The van der Waals surface area contributed by atoms with Gasteiger partial charge in [0, 0.05) is 13.5 Å². The summed E-state index contributed by atoms with van der Waals surface area (Å²) in [5, 5.41) is 14.9. The van der Waals surface area contributed by atoms with Gasteiger partial charge in [-0.1, -0.05) is 13.8 Å². The van der Waals surface area contributed by atoms with E-state index in [-0.39, 0.29) is 6.10 Å². The summed E-state index contributed by atoms with van der Waals surface area (Å²) in [6.45, 7) is 6.65. The largest absolute Gasteiger partial charge is 0.392 e. The van der Waals surface area contributed by atoms with E-state index in [2.05, 4.69) is 34.9 Å². The van der Waals surface area contributed by atoms with Crippen LogP contribution in [0.15, 0.2) is 4.47 Å². The molecular formula is C15H25BrN2O. The third kappa shape index (κ3) is 3.40. The van der Waals surface area contributed by atoms with E-state index in [1.807, 2.05) is 18.7 Å². The lowest BCUT2D eigenvalue weighted by atomic mass is 9.71. The van der Waals surface area contributed by atoms with E-state index in [4.69, 9.17) is 0 Å². The first-order valence-corrected chi connectivity index (χ1v) is 7.95. The highest BCUT2D eigenvalue weighted by atomic mass is 79.9. The lowest BCUT2D eigenvalue weighted by molar-refractivity contribution is 0.0563. The zero-order valence-electron chi connectivity index (χ0n) is 12.4. The number of aliphatic hydroxyl groups is 1. The third-order valence-electron chi connectivity index (χ3n) is 4.59. The van der Waals surface area contributed by atoms with Gasteiger partial charge in [0.1, 0.15) is 0 Å². The molecule has 4 heteroatoms. The molecule has 1 heterocycles. The minimum Gasteiger partial charge on any atom is -0.392 e. The molecule has 1 atom stereocenters. The molecule has 0 amide bonds. The first kappa shape index (κ1) is 15.0. The summed E-state index contributed by atoms with van der Waals surface area (Å²) < 4.78 is 2.93. The van der Waals surface area contributed by atoms with Crippen LogP contribution in [0.25, 0.3) is 0 Å². The Kier molecular flexibility index (Phi) is 4.41. The highest BCUT2D eigenvalue weighted by molar-refractivity contribution is 9.10. The van der Waals surface area contributed by atoms with Crippen LogP contribution in [-0.4, -0.2) is 21.0 Å². The average molecular weight is 329 g/mol. The van der Waals surface area contributed by atoms with Crippen molar-refractivity contribution in [2.75, 3.05) is 0 Å². The molecule has 0 aliphatic heterocycles. The van der Waals surface area contributed by atoms with E-state index < -0.39 is 0 Å². The fourth-order valence-electron chi connectivity index (χ4n) is 3.07. The van der Waals surface area contributed by atoms with Gasteiger partial charge in [0.2, 0.25) is 0 Å². The Morgan fingerprint density at radius 1 is 1.42 bits per heavy atom. The molecule has 1 fully saturated rings. The van der Waals surface area contributed by atoms with Crippen LogP contribution >= 0.6 is 15.9 Å². The van der Waals surface area contributed by atoms with Gasteiger partial charge in [-0.2, -0.15) is 5.10 Å². The minimum atomic E-state index is -0.248. The van der Waals surface area contributed by atoms with Crippen LogP contribution in [0.5, 0.6) is 0 Å². The van der Waals surface area contributed by atoms with Crippen molar-refractivity contribution in [1.82, 2.24) is 9.78 Å². The van der Waals surface area contributed by atoms with Crippen molar-refractivity contribution in [2.45, 2.75) is 59.0 Å². The van der Waals surface area contributed by atoms with Crippen molar-refractivity contribution in [3.8, 4) is 0 Å². The SMILES string of the molecule is Cc1nn(C)c(CC(O)C2CCC(C)(C)CC2)c1Br. The van der Waals surface area contributed by atoms with Gasteiger partial charge in [-0.25, -0.2) is 0 Å². The molecule has 1 aromatic rings. The summed E-state index contributed by atoms with van der Waals surface area (Å²) in [6.07, 6.45) is 5.18. The normalized spacial score (nSPS) is 21.6. The van der Waals surface area contributed by atoms with Crippen LogP contribution in [-0.2, 0) is 13.5 Å². The summed E-state index contributed by atoms with van der Waals surface area (Å²) in [5.74, 6) is 0.440. The topological polar surface area (TPSA) is 38.0 Å². The quantitative estimate of drug-likeness (QED) is 0.920. The maximum Gasteiger partial charge on any atom is 0.0738 e. The second-order valence-corrected chi connectivity index (χ2v) is 7.54. The summed E-state index contributed by atoms with van der Waals surface area (Å²) in [4.78, 5) is 0. The van der Waals surface area contributed by atoms with E-state index in [1.165, 1.54) is 12.8 Å². The first-order valence-electron chi connectivity index (χ1n) is 7.16. The number of nitrogens with zero attached hydrogens (tertiary/aromatic N) is 2. The maximum absolute atomic E-state index is 10.5. The molecule has 0 radical (unpaired) electrons. The summed E-state index contributed by atoms with van der Waals surface area (Å²) in [6, 6.07) is 0.